The van der Waals surface area contributed by atoms with Gasteiger partial charge >= 0.3 is 0 Å². The summed E-state index contributed by atoms with van der Waals surface area (Å²) < 4.78 is 4.12. The molecule has 1 amide bonds. The fourth-order valence-electron chi connectivity index (χ4n) is 2.99. The van der Waals surface area contributed by atoms with Gasteiger partial charge in [-0.3, -0.25) is 4.79 Å². The van der Waals surface area contributed by atoms with E-state index in [2.05, 4.69) is 48.4 Å². The number of hydrogen-bond acceptors (Lipinski definition) is 2. The molecule has 0 aliphatic carbocycles. The number of nitrogens with one attached hydrogen (secondary N) is 1. The second kappa shape index (κ2) is 8.76. The Bertz CT molecular complexity index is 1110. The fraction of sp³-hybridized carbons (Fsp3) is 0.0909. The molecule has 0 fully saturated rings. The number of amides is 1. The molecule has 1 N–H and O–H groups in total. The van der Waals surface area contributed by atoms with Crippen molar-refractivity contribution in [2.45, 2.75) is 13.8 Å². The van der Waals surface area contributed by atoms with Gasteiger partial charge in [0.05, 0.1) is 0 Å². The Hall–Kier alpha value is -2.37. The minimum absolute atomic E-state index is 0.0647. The molecule has 0 unspecified atom stereocenters. The maximum absolute atomic E-state index is 12.6. The summed E-state index contributed by atoms with van der Waals surface area (Å²) in [5.41, 5.74) is 4.60. The number of benzene rings is 2. The van der Waals surface area contributed by atoms with Crippen LogP contribution in [0.25, 0.3) is 11.8 Å². The van der Waals surface area contributed by atoms with Crippen molar-refractivity contribution in [1.82, 2.24) is 4.57 Å². The van der Waals surface area contributed by atoms with Crippen LogP contribution < -0.4 is 5.32 Å². The summed E-state index contributed by atoms with van der Waals surface area (Å²) in [5, 5.41) is 12.3. The third-order valence-corrected chi connectivity index (χ3v) is 5.50. The predicted molar refractivity (Wildman–Crippen MR) is 124 cm³/mol. The summed E-state index contributed by atoms with van der Waals surface area (Å²) in [4.78, 5) is 12.6. The number of hydrogen-bond donors (Lipinski definition) is 1. The minimum atomic E-state index is -0.419. The Balaban J connectivity index is 1.93. The molecule has 28 heavy (non-hydrogen) atoms. The van der Waals surface area contributed by atoms with E-state index >= 15 is 0 Å². The Labute approximate surface area is 186 Å². The number of anilines is 1. The summed E-state index contributed by atoms with van der Waals surface area (Å²) in [6.45, 7) is 3.98. The highest BCUT2D eigenvalue weighted by Crippen LogP contribution is 2.24. The summed E-state index contributed by atoms with van der Waals surface area (Å²) in [6, 6.07) is 19.5. The molecular formula is C22H17BrIN3O. The van der Waals surface area contributed by atoms with Crippen LogP contribution in [0.3, 0.4) is 0 Å². The van der Waals surface area contributed by atoms with Crippen LogP contribution in [0.4, 0.5) is 5.69 Å². The second-order valence-corrected chi connectivity index (χ2v) is 8.43. The molecule has 0 saturated carbocycles. The third kappa shape index (κ3) is 4.54. The Morgan fingerprint density at radius 1 is 1.18 bits per heavy atom. The van der Waals surface area contributed by atoms with Crippen LogP contribution in [0.2, 0.25) is 0 Å². The lowest BCUT2D eigenvalue weighted by atomic mass is 10.1. The van der Waals surface area contributed by atoms with E-state index in [1.165, 1.54) is 0 Å². The smallest absolute Gasteiger partial charge is 0.266 e. The van der Waals surface area contributed by atoms with Gasteiger partial charge in [0.1, 0.15) is 11.6 Å². The molecule has 0 aliphatic heterocycles. The first-order valence-corrected chi connectivity index (χ1v) is 10.4. The lowest BCUT2D eigenvalue weighted by Crippen LogP contribution is -2.13. The van der Waals surface area contributed by atoms with Gasteiger partial charge in [-0.05, 0) is 96.6 Å². The number of aromatic nitrogens is 1. The molecule has 0 atom stereocenters. The number of rotatable bonds is 4. The van der Waals surface area contributed by atoms with Gasteiger partial charge in [0.25, 0.3) is 5.91 Å². The molecule has 0 spiro atoms. The molecule has 2 aromatic carbocycles. The van der Waals surface area contributed by atoms with Crippen molar-refractivity contribution < 1.29 is 4.79 Å². The molecule has 140 valence electrons. The number of halogens is 2. The quantitative estimate of drug-likeness (QED) is 0.248. The third-order valence-electron chi connectivity index (χ3n) is 4.30. The molecule has 0 radical (unpaired) electrons. The molecule has 1 heterocycles. The average molecular weight is 546 g/mol. The Morgan fingerprint density at radius 3 is 2.54 bits per heavy atom. The fourth-order valence-corrected chi connectivity index (χ4v) is 3.80. The van der Waals surface area contributed by atoms with Gasteiger partial charge in [-0.1, -0.05) is 22.0 Å². The number of carbonyl (C=O) groups excluding carboxylic acids is 1. The molecule has 6 heteroatoms. The van der Waals surface area contributed by atoms with Crippen LogP contribution in [0.15, 0.2) is 64.6 Å². The zero-order valence-corrected chi connectivity index (χ0v) is 19.1. The van der Waals surface area contributed by atoms with Crippen LogP contribution in [0, 0.1) is 28.7 Å². The Morgan fingerprint density at radius 2 is 1.89 bits per heavy atom. The highest BCUT2D eigenvalue weighted by Gasteiger charge is 2.14. The maximum atomic E-state index is 12.6. The molecule has 4 nitrogen and oxygen atoms in total. The predicted octanol–water partition coefficient (Wildman–Crippen LogP) is 6.01. The number of nitrogens with zero attached hydrogens (tertiary/aromatic N) is 2. The van der Waals surface area contributed by atoms with Crippen molar-refractivity contribution in [2.75, 3.05) is 5.32 Å². The highest BCUT2D eigenvalue weighted by atomic mass is 127. The summed E-state index contributed by atoms with van der Waals surface area (Å²) in [5.74, 6) is -0.419. The molecule has 0 aliphatic rings. The van der Waals surface area contributed by atoms with Crippen molar-refractivity contribution in [3.63, 3.8) is 0 Å². The number of nitriles is 1. The van der Waals surface area contributed by atoms with Crippen molar-refractivity contribution in [3.8, 4) is 11.8 Å². The van der Waals surface area contributed by atoms with E-state index in [1.807, 2.05) is 68.4 Å². The first kappa shape index (κ1) is 20.4. The zero-order valence-electron chi connectivity index (χ0n) is 15.3. The average Bonchev–Trinajstić information content (AvgIpc) is 2.94. The molecule has 0 bridgehead atoms. The molecule has 3 aromatic rings. The first-order valence-electron chi connectivity index (χ1n) is 8.52. The van der Waals surface area contributed by atoms with Crippen molar-refractivity contribution >= 4 is 56.2 Å². The van der Waals surface area contributed by atoms with Crippen LogP contribution in [-0.2, 0) is 4.79 Å². The van der Waals surface area contributed by atoms with Gasteiger partial charge in [0, 0.05) is 30.8 Å². The normalized spacial score (nSPS) is 11.2. The van der Waals surface area contributed by atoms with E-state index < -0.39 is 5.91 Å². The van der Waals surface area contributed by atoms with E-state index in [-0.39, 0.29) is 5.57 Å². The molecule has 1 aromatic heterocycles. The molecule has 0 saturated heterocycles. The topological polar surface area (TPSA) is 57.8 Å². The van der Waals surface area contributed by atoms with Gasteiger partial charge in [-0.2, -0.15) is 5.26 Å². The monoisotopic (exact) mass is 545 g/mol. The highest BCUT2D eigenvalue weighted by molar-refractivity contribution is 14.1. The lowest BCUT2D eigenvalue weighted by molar-refractivity contribution is -0.112. The van der Waals surface area contributed by atoms with E-state index in [1.54, 1.807) is 12.1 Å². The maximum Gasteiger partial charge on any atom is 0.266 e. The number of aryl methyl sites for hydroxylation is 1. The first-order chi connectivity index (χ1) is 13.4. The van der Waals surface area contributed by atoms with Gasteiger partial charge in [0.15, 0.2) is 0 Å². The van der Waals surface area contributed by atoms with Crippen molar-refractivity contribution in [3.05, 3.63) is 85.2 Å². The molecule has 3 rings (SSSR count). The number of carbonyl (C=O) groups is 1. The molecular weight excluding hydrogens is 529 g/mol. The van der Waals surface area contributed by atoms with Crippen LogP contribution >= 0.6 is 38.5 Å². The minimum Gasteiger partial charge on any atom is -0.321 e. The van der Waals surface area contributed by atoms with Gasteiger partial charge in [-0.15, -0.1) is 0 Å². The van der Waals surface area contributed by atoms with E-state index in [4.69, 9.17) is 0 Å². The second-order valence-electron chi connectivity index (χ2n) is 6.27. The standard InChI is InChI=1S/C22H17BrIN3O/c1-14-10-16(15(2)27(14)21-8-6-18(23)7-9-21)11-17(13-25)22(28)26-20-5-3-4-19(24)12-20/h3-12H,1-2H3,(H,26,28)/b17-11+. The van der Waals surface area contributed by atoms with Gasteiger partial charge in [0.2, 0.25) is 0 Å². The lowest BCUT2D eigenvalue weighted by Gasteiger charge is -2.10. The van der Waals surface area contributed by atoms with Crippen LogP contribution in [0.1, 0.15) is 17.0 Å². The van der Waals surface area contributed by atoms with Crippen LogP contribution in [-0.4, -0.2) is 10.5 Å². The van der Waals surface area contributed by atoms with Crippen molar-refractivity contribution in [1.29, 1.82) is 5.26 Å². The van der Waals surface area contributed by atoms with Gasteiger partial charge in [-0.25, -0.2) is 0 Å². The van der Waals surface area contributed by atoms with Crippen molar-refractivity contribution in [2.24, 2.45) is 0 Å². The van der Waals surface area contributed by atoms with Crippen LogP contribution in [0.5, 0.6) is 0 Å². The summed E-state index contributed by atoms with van der Waals surface area (Å²) in [7, 11) is 0. The van der Waals surface area contributed by atoms with E-state index in [0.29, 0.717) is 5.69 Å². The zero-order chi connectivity index (χ0) is 20.3. The van der Waals surface area contributed by atoms with E-state index in [9.17, 15) is 10.1 Å². The Kier molecular flexibility index (Phi) is 6.37. The summed E-state index contributed by atoms with van der Waals surface area (Å²) in [6.07, 6.45) is 1.64. The SMILES string of the molecule is Cc1cc(/C=C(\C#N)C(=O)Nc2cccc(I)c2)c(C)n1-c1ccc(Br)cc1. The largest absolute Gasteiger partial charge is 0.321 e. The van der Waals surface area contributed by atoms with Gasteiger partial charge < -0.3 is 9.88 Å². The summed E-state index contributed by atoms with van der Waals surface area (Å²) >= 11 is 5.63. The van der Waals surface area contributed by atoms with E-state index in [0.717, 1.165) is 30.7 Å².